The minimum absolute atomic E-state index is 1.11. The van der Waals surface area contributed by atoms with Crippen LogP contribution >= 0.6 is 0 Å². The molecule has 1 aromatic carbocycles. The van der Waals surface area contributed by atoms with Crippen LogP contribution in [-0.2, 0) is 6.42 Å². The topological polar surface area (TPSA) is 0 Å². The van der Waals surface area contributed by atoms with Gasteiger partial charge in [0, 0.05) is 0 Å². The van der Waals surface area contributed by atoms with Crippen LogP contribution in [0.4, 0.5) is 0 Å². The minimum atomic E-state index is 1.11. The van der Waals surface area contributed by atoms with Crippen LogP contribution in [0.2, 0.25) is 0 Å². The summed E-state index contributed by atoms with van der Waals surface area (Å²) in [7, 11) is 0. The van der Waals surface area contributed by atoms with Gasteiger partial charge < -0.3 is 0 Å². The fraction of sp³-hybridized carbons (Fsp3) is 0.182. The maximum atomic E-state index is 3.64. The molecule has 0 aromatic heterocycles. The van der Waals surface area contributed by atoms with Crippen molar-refractivity contribution in [2.45, 2.75) is 13.3 Å². The highest BCUT2D eigenvalue weighted by atomic mass is 13.9. The first-order chi connectivity index (χ1) is 5.36. The standard InChI is InChI=1S/C11H13/c1-3-5-11-8-6-10(4-2)7-9-11/h3,5-9H,1,4H2,2H3/b5-3+. The lowest BCUT2D eigenvalue weighted by Crippen LogP contribution is -1.78. The first-order valence-corrected chi connectivity index (χ1v) is 3.91. The Labute approximate surface area is 68.6 Å². The van der Waals surface area contributed by atoms with Gasteiger partial charge in [0.1, 0.15) is 0 Å². The van der Waals surface area contributed by atoms with Crippen molar-refractivity contribution in [3.63, 3.8) is 0 Å². The third-order valence-electron chi connectivity index (χ3n) is 1.70. The smallest absolute Gasteiger partial charge is 0.0260 e. The molecule has 0 aliphatic carbocycles. The Morgan fingerprint density at radius 2 is 1.91 bits per heavy atom. The maximum Gasteiger partial charge on any atom is -0.0260 e. The quantitative estimate of drug-likeness (QED) is 0.600. The summed E-state index contributed by atoms with van der Waals surface area (Å²) >= 11 is 0. The Morgan fingerprint density at radius 3 is 2.36 bits per heavy atom. The monoisotopic (exact) mass is 145 g/mol. The zero-order valence-corrected chi connectivity index (χ0v) is 6.88. The van der Waals surface area contributed by atoms with Crippen molar-refractivity contribution < 1.29 is 0 Å². The third-order valence-corrected chi connectivity index (χ3v) is 1.70. The molecule has 0 nitrogen and oxygen atoms in total. The van der Waals surface area contributed by atoms with Gasteiger partial charge in [0.05, 0.1) is 0 Å². The predicted octanol–water partition coefficient (Wildman–Crippen LogP) is 3.10. The van der Waals surface area contributed by atoms with Gasteiger partial charge in [0.2, 0.25) is 0 Å². The van der Waals surface area contributed by atoms with Gasteiger partial charge in [0.15, 0.2) is 0 Å². The maximum absolute atomic E-state index is 3.64. The summed E-state index contributed by atoms with van der Waals surface area (Å²) in [5.74, 6) is 0. The van der Waals surface area contributed by atoms with E-state index in [0.29, 0.717) is 0 Å². The summed E-state index contributed by atoms with van der Waals surface area (Å²) in [6.45, 7) is 5.80. The Kier molecular flexibility index (Phi) is 2.91. The molecule has 0 atom stereocenters. The van der Waals surface area contributed by atoms with Gasteiger partial charge in [-0.3, -0.25) is 0 Å². The van der Waals surface area contributed by atoms with Crippen molar-refractivity contribution in [2.24, 2.45) is 0 Å². The molecule has 0 N–H and O–H groups in total. The lowest BCUT2D eigenvalue weighted by atomic mass is 10.1. The van der Waals surface area contributed by atoms with E-state index in [-0.39, 0.29) is 0 Å². The molecule has 1 radical (unpaired) electrons. The lowest BCUT2D eigenvalue weighted by Gasteiger charge is -1.95. The molecule has 0 heterocycles. The molecule has 1 rings (SSSR count). The van der Waals surface area contributed by atoms with Crippen molar-refractivity contribution in [3.8, 4) is 0 Å². The summed E-state index contributed by atoms with van der Waals surface area (Å²) in [6.07, 6.45) is 4.91. The first-order valence-electron chi connectivity index (χ1n) is 3.91. The van der Waals surface area contributed by atoms with E-state index in [1.807, 2.05) is 6.08 Å². The molecular weight excluding hydrogens is 132 g/mol. The van der Waals surface area contributed by atoms with Crippen LogP contribution in [0.3, 0.4) is 0 Å². The Bertz CT molecular complexity index is 229. The molecular formula is C11H13. The Balaban J connectivity index is 2.82. The van der Waals surface area contributed by atoms with E-state index in [4.69, 9.17) is 0 Å². The number of aryl methyl sites for hydroxylation is 1. The van der Waals surface area contributed by atoms with E-state index >= 15 is 0 Å². The van der Waals surface area contributed by atoms with Gasteiger partial charge in [-0.05, 0) is 24.5 Å². The SMILES string of the molecule is [CH2]/C=C/c1ccc(CC)cc1. The van der Waals surface area contributed by atoms with Crippen LogP contribution in [0, 0.1) is 6.92 Å². The van der Waals surface area contributed by atoms with Crippen LogP contribution in [-0.4, -0.2) is 0 Å². The lowest BCUT2D eigenvalue weighted by molar-refractivity contribution is 1.14. The van der Waals surface area contributed by atoms with Gasteiger partial charge >= 0.3 is 0 Å². The fourth-order valence-corrected chi connectivity index (χ4v) is 1.00. The molecule has 0 bridgehead atoms. The van der Waals surface area contributed by atoms with Gasteiger partial charge in [-0.15, -0.1) is 0 Å². The number of rotatable bonds is 2. The zero-order valence-electron chi connectivity index (χ0n) is 6.88. The van der Waals surface area contributed by atoms with Gasteiger partial charge in [-0.2, -0.15) is 0 Å². The van der Waals surface area contributed by atoms with Crippen LogP contribution in [0.1, 0.15) is 18.1 Å². The second-order valence-electron chi connectivity index (χ2n) is 2.50. The highest BCUT2D eigenvalue weighted by Gasteiger charge is 1.87. The largest absolute Gasteiger partial charge is 0.0836 e. The summed E-state index contributed by atoms with van der Waals surface area (Å²) in [6, 6.07) is 8.52. The van der Waals surface area contributed by atoms with E-state index in [1.54, 1.807) is 6.08 Å². The van der Waals surface area contributed by atoms with E-state index in [1.165, 1.54) is 11.1 Å². The zero-order chi connectivity index (χ0) is 8.10. The Hall–Kier alpha value is -1.04. The van der Waals surface area contributed by atoms with Gasteiger partial charge in [0.25, 0.3) is 0 Å². The highest BCUT2D eigenvalue weighted by Crippen LogP contribution is 2.05. The molecule has 0 fully saturated rings. The van der Waals surface area contributed by atoms with Crippen LogP contribution < -0.4 is 0 Å². The molecule has 57 valence electrons. The van der Waals surface area contributed by atoms with Crippen molar-refractivity contribution in [2.75, 3.05) is 0 Å². The second kappa shape index (κ2) is 3.97. The van der Waals surface area contributed by atoms with E-state index in [9.17, 15) is 0 Å². The number of benzene rings is 1. The molecule has 0 aliphatic heterocycles. The molecule has 11 heavy (non-hydrogen) atoms. The van der Waals surface area contributed by atoms with E-state index < -0.39 is 0 Å². The average Bonchev–Trinajstić information content (AvgIpc) is 2.07. The summed E-state index contributed by atoms with van der Waals surface area (Å²) < 4.78 is 0. The molecule has 0 unspecified atom stereocenters. The number of hydrogen-bond donors (Lipinski definition) is 0. The second-order valence-corrected chi connectivity index (χ2v) is 2.50. The fourth-order valence-electron chi connectivity index (χ4n) is 1.00. The highest BCUT2D eigenvalue weighted by molar-refractivity contribution is 5.49. The molecule has 1 aromatic rings. The van der Waals surface area contributed by atoms with Crippen molar-refractivity contribution in [3.05, 3.63) is 48.4 Å². The molecule has 0 aliphatic rings. The van der Waals surface area contributed by atoms with E-state index in [2.05, 4.69) is 38.1 Å². The summed E-state index contributed by atoms with van der Waals surface area (Å²) in [5.41, 5.74) is 2.60. The summed E-state index contributed by atoms with van der Waals surface area (Å²) in [4.78, 5) is 0. The van der Waals surface area contributed by atoms with Crippen molar-refractivity contribution in [1.82, 2.24) is 0 Å². The molecule has 0 saturated heterocycles. The van der Waals surface area contributed by atoms with Crippen LogP contribution in [0.15, 0.2) is 30.3 Å². The Morgan fingerprint density at radius 1 is 1.27 bits per heavy atom. The molecule has 0 spiro atoms. The molecule has 0 amide bonds. The molecule has 0 saturated carbocycles. The van der Waals surface area contributed by atoms with Crippen LogP contribution in [0.5, 0.6) is 0 Å². The predicted molar refractivity (Wildman–Crippen MR) is 50.2 cm³/mol. The molecule has 0 heteroatoms. The average molecular weight is 145 g/mol. The van der Waals surface area contributed by atoms with Crippen molar-refractivity contribution in [1.29, 1.82) is 0 Å². The third kappa shape index (κ3) is 2.23. The first kappa shape index (κ1) is 8.06. The number of hydrogen-bond acceptors (Lipinski definition) is 0. The van der Waals surface area contributed by atoms with Crippen molar-refractivity contribution >= 4 is 6.08 Å². The number of allylic oxidation sites excluding steroid dienone is 1. The minimum Gasteiger partial charge on any atom is -0.0836 e. The van der Waals surface area contributed by atoms with Gasteiger partial charge in [-0.25, -0.2) is 0 Å². The van der Waals surface area contributed by atoms with Crippen LogP contribution in [0.25, 0.3) is 6.08 Å². The normalized spacial score (nSPS) is 10.7. The van der Waals surface area contributed by atoms with Gasteiger partial charge in [-0.1, -0.05) is 43.3 Å². The van der Waals surface area contributed by atoms with E-state index in [0.717, 1.165) is 6.42 Å². The summed E-state index contributed by atoms with van der Waals surface area (Å²) in [5, 5.41) is 0.